The van der Waals surface area contributed by atoms with Crippen molar-refractivity contribution in [3.63, 3.8) is 0 Å². The molecule has 394 valence electrons. The number of amides is 1. The molecule has 15 nitrogen and oxygen atoms in total. The predicted molar refractivity (Wildman–Crippen MR) is 297 cm³/mol. The Labute approximate surface area is 446 Å². The van der Waals surface area contributed by atoms with Crippen molar-refractivity contribution < 1.29 is 43.3 Å². The highest BCUT2D eigenvalue weighted by Crippen LogP contribution is 2.62. The quantitative estimate of drug-likeness (QED) is 0.0442. The molecule has 2 aliphatic heterocycles. The van der Waals surface area contributed by atoms with Gasteiger partial charge >= 0.3 is 0 Å². The van der Waals surface area contributed by atoms with E-state index in [2.05, 4.69) is 83.9 Å². The molecule has 6 aromatic rings. The lowest BCUT2D eigenvalue weighted by atomic mass is 9.73. The van der Waals surface area contributed by atoms with Crippen LogP contribution in [-0.4, -0.2) is 122 Å². The van der Waals surface area contributed by atoms with Gasteiger partial charge in [-0.3, -0.25) is 19.2 Å². The minimum absolute atomic E-state index is 0.0479. The van der Waals surface area contributed by atoms with Gasteiger partial charge in [0.15, 0.2) is 30.2 Å². The fourth-order valence-corrected chi connectivity index (χ4v) is 14.8. The topological polar surface area (TPSA) is 195 Å². The molecule has 9 rings (SSSR count). The summed E-state index contributed by atoms with van der Waals surface area (Å²) in [6.07, 6.45) is 6.40. The number of thiophene rings is 1. The molecule has 4 atom stereocenters. The number of nitrogens with one attached hydrogen (secondary N) is 2. The number of carbonyl (C=O) groups excluding carboxylic acids is 5. The van der Waals surface area contributed by atoms with Crippen molar-refractivity contribution in [3.05, 3.63) is 99.4 Å². The number of hydrogen-bond acceptors (Lipinski definition) is 16. The third kappa shape index (κ3) is 10.8. The van der Waals surface area contributed by atoms with Gasteiger partial charge in [-0.2, -0.15) is 4.98 Å². The maximum atomic E-state index is 12.9. The lowest BCUT2D eigenvalue weighted by Crippen LogP contribution is -2.51. The van der Waals surface area contributed by atoms with Gasteiger partial charge in [-0.15, -0.1) is 11.3 Å². The third-order valence-electron chi connectivity index (χ3n) is 15.0. The number of anilines is 3. The van der Waals surface area contributed by atoms with Gasteiger partial charge in [-0.05, 0) is 103 Å². The number of benzene rings is 4. The van der Waals surface area contributed by atoms with Gasteiger partial charge in [-0.25, -0.2) is 4.31 Å². The van der Waals surface area contributed by atoms with Crippen LogP contribution < -0.4 is 25.2 Å². The summed E-state index contributed by atoms with van der Waals surface area (Å²) in [5, 5.41) is 22.8. The minimum Gasteiger partial charge on any atom is -0.483 e. The largest absolute Gasteiger partial charge is 0.483 e. The minimum atomic E-state index is -0.569. The lowest BCUT2D eigenvalue weighted by molar-refractivity contribution is -0.122. The Balaban J connectivity index is 0.00000195. The van der Waals surface area contributed by atoms with Crippen LogP contribution >= 0.6 is 34.9 Å². The molecule has 4 N–H and O–H groups in total. The van der Waals surface area contributed by atoms with E-state index < -0.39 is 6.04 Å². The van der Waals surface area contributed by atoms with Crippen molar-refractivity contribution in [3.8, 4) is 16.2 Å². The molecule has 2 saturated heterocycles. The number of hydrogen-bond donors (Lipinski definition) is 4. The van der Waals surface area contributed by atoms with Crippen molar-refractivity contribution in [2.45, 2.75) is 95.1 Å². The van der Waals surface area contributed by atoms with E-state index in [1.54, 1.807) is 7.05 Å². The molecule has 18 heteroatoms. The second-order valence-corrected chi connectivity index (χ2v) is 22.1. The van der Waals surface area contributed by atoms with Crippen LogP contribution in [0.5, 0.6) is 5.75 Å². The van der Waals surface area contributed by atoms with Crippen LogP contribution in [0, 0.1) is 11.3 Å². The van der Waals surface area contributed by atoms with Gasteiger partial charge in [0.2, 0.25) is 5.91 Å². The van der Waals surface area contributed by atoms with E-state index in [0.29, 0.717) is 52.4 Å². The van der Waals surface area contributed by atoms with Gasteiger partial charge in [0, 0.05) is 99.4 Å². The molecule has 3 fully saturated rings. The zero-order chi connectivity index (χ0) is 53.5. The summed E-state index contributed by atoms with van der Waals surface area (Å²) in [5.74, 6) is 1.45. The summed E-state index contributed by atoms with van der Waals surface area (Å²) in [7, 11) is 5.44. The van der Waals surface area contributed by atoms with Gasteiger partial charge in [0.1, 0.15) is 34.4 Å². The van der Waals surface area contributed by atoms with Gasteiger partial charge in [0.25, 0.3) is 6.01 Å². The second kappa shape index (κ2) is 24.2. The number of rotatable bonds is 19. The van der Waals surface area contributed by atoms with E-state index in [-0.39, 0.29) is 47.6 Å². The molecule has 4 heterocycles. The summed E-state index contributed by atoms with van der Waals surface area (Å²) in [6.45, 7) is 10.9. The van der Waals surface area contributed by atoms with Crippen molar-refractivity contribution >= 4 is 105 Å². The van der Waals surface area contributed by atoms with Crippen molar-refractivity contribution in [1.82, 2.24) is 14.6 Å². The van der Waals surface area contributed by atoms with E-state index in [9.17, 15) is 24.0 Å². The molecule has 2 bridgehead atoms. The van der Waals surface area contributed by atoms with Crippen molar-refractivity contribution in [1.29, 1.82) is 0 Å². The maximum absolute atomic E-state index is 12.9. The highest BCUT2D eigenvalue weighted by Gasteiger charge is 2.66. The molecule has 0 spiro atoms. The lowest BCUT2D eigenvalue weighted by Gasteiger charge is -2.45. The van der Waals surface area contributed by atoms with Crippen LogP contribution in [0.25, 0.3) is 32.3 Å². The van der Waals surface area contributed by atoms with E-state index in [0.717, 1.165) is 109 Å². The molecular weight excluding hydrogens is 1000 g/mol. The van der Waals surface area contributed by atoms with Gasteiger partial charge in [-0.1, -0.05) is 79.9 Å². The first kappa shape index (κ1) is 55.9. The average molecular weight is 1070 g/mol. The van der Waals surface area contributed by atoms with Crippen LogP contribution in [0.2, 0.25) is 5.02 Å². The summed E-state index contributed by atoms with van der Waals surface area (Å²) in [6, 6.07) is 25.0. The maximum Gasteiger partial charge on any atom is 0.298 e. The Bertz CT molecular complexity index is 2970. The Hall–Kier alpha value is -5.82. The number of ether oxygens (including phenoxy) is 1. The number of likely N-dealkylation sites (N-methyl/N-ethyl adjacent to an activating group) is 2. The molecule has 1 aliphatic carbocycles. The van der Waals surface area contributed by atoms with Crippen LogP contribution in [0.1, 0.15) is 96.9 Å². The molecule has 4 unspecified atom stereocenters. The first-order valence-corrected chi connectivity index (χ1v) is 26.9. The van der Waals surface area contributed by atoms with E-state index in [1.165, 1.54) is 22.5 Å². The van der Waals surface area contributed by atoms with Gasteiger partial charge < -0.3 is 44.6 Å². The average Bonchev–Trinajstić information content (AvgIpc) is 4.11. The summed E-state index contributed by atoms with van der Waals surface area (Å²) in [4.78, 5) is 69.7. The Morgan fingerprint density at radius 2 is 1.73 bits per heavy atom. The number of piperidine rings is 2. The molecule has 4 aromatic carbocycles. The molecule has 3 aliphatic rings. The van der Waals surface area contributed by atoms with Crippen LogP contribution in [0.4, 0.5) is 17.4 Å². The van der Waals surface area contributed by atoms with Crippen molar-refractivity contribution in [2.24, 2.45) is 11.3 Å². The highest BCUT2D eigenvalue weighted by molar-refractivity contribution is 7.96. The van der Waals surface area contributed by atoms with Crippen LogP contribution in [-0.2, 0) is 20.1 Å². The zero-order valence-corrected chi connectivity index (χ0v) is 45.6. The second-order valence-electron chi connectivity index (χ2n) is 19.8. The fourth-order valence-electron chi connectivity index (χ4n) is 12.0. The monoisotopic (exact) mass is 1070 g/mol. The van der Waals surface area contributed by atoms with Gasteiger partial charge in [0.05, 0.1) is 4.88 Å². The molecular formula is C56H67ClN6O9S2. The molecule has 1 saturated carbocycles. The number of halogens is 1. The SMILES string of the molecule is CNC(=O)C(CCC=O)N(C)c1ccc(C2CCN(c3nc4cc(CSN5C6CC(Nc7cccc(-c8sc(C=O)c(OCC=O)c8Cl)c7)C(C6(C)C)C5(C)C)ccc4o3)CC2)c2cccc(C=O)c12.CO.CO. The Kier molecular flexibility index (Phi) is 18.3. The molecule has 0 radical (unpaired) electrons. The summed E-state index contributed by atoms with van der Waals surface area (Å²) in [5.41, 5.74) is 7.10. The van der Waals surface area contributed by atoms with Crippen LogP contribution in [0.3, 0.4) is 0 Å². The highest BCUT2D eigenvalue weighted by atomic mass is 35.5. The number of carbonyl (C=O) groups is 5. The Morgan fingerprint density at radius 1 is 0.986 bits per heavy atom. The predicted octanol–water partition coefficient (Wildman–Crippen LogP) is 9.83. The zero-order valence-electron chi connectivity index (χ0n) is 43.2. The summed E-state index contributed by atoms with van der Waals surface area (Å²) >= 11 is 9.86. The number of aromatic nitrogens is 1. The molecule has 2 aromatic heterocycles. The van der Waals surface area contributed by atoms with E-state index in [4.69, 9.17) is 36.0 Å². The smallest absolute Gasteiger partial charge is 0.298 e. The number of aliphatic hydroxyl groups excluding tert-OH is 2. The number of aldehydes is 4. The number of nitrogens with zero attached hydrogens (tertiary/aromatic N) is 4. The number of oxazole rings is 1. The van der Waals surface area contributed by atoms with E-state index in [1.807, 2.05) is 60.3 Å². The third-order valence-corrected chi connectivity index (χ3v) is 18.1. The number of fused-ring (bicyclic) bond motifs is 4. The normalized spacial score (nSPS) is 19.2. The molecule has 1 amide bonds. The first-order chi connectivity index (χ1) is 35.7. The van der Waals surface area contributed by atoms with Crippen molar-refractivity contribution in [2.75, 3.05) is 63.1 Å². The Morgan fingerprint density at radius 3 is 2.41 bits per heavy atom. The van der Waals surface area contributed by atoms with E-state index >= 15 is 0 Å². The van der Waals surface area contributed by atoms with Crippen LogP contribution in [0.15, 0.2) is 77.2 Å². The summed E-state index contributed by atoms with van der Waals surface area (Å²) < 4.78 is 14.5. The fraction of sp³-hybridized carbons (Fsp3) is 0.429. The molecule has 74 heavy (non-hydrogen) atoms. The first-order valence-electron chi connectivity index (χ1n) is 24.8. The number of aliphatic hydroxyl groups is 2. The standard InChI is InChI=1S/C54H59ClN6O7S2.2CH4O/c1-53(2)45-28-40(57-36-12-7-10-34(27-36)49-47(55)48(67-25-24-63)44(30-65)70-49)50(53)54(3,4)61(45)69-31-32-15-18-43-39(26-32)58-52(68-43)60-21-19-33(20-22-60)37-16-17-41(46-35(29-64)11-8-13-38(37)46)59(6)42(14-9-23-62)51(66)56-5;2*1-2/h7-8,10-13,15-18,23-24,26-27,29-30,33,40,42,45,50,57H,9,14,19-22,25,28,31H2,1-6H3,(H,56,66);2*2H,1H3.